The molecule has 1 amide bonds. The SMILES string of the molecule is CCN(CC(=O)O)C(C)C(=O)N(C)C. The van der Waals surface area contributed by atoms with Crippen molar-refractivity contribution in [1.29, 1.82) is 0 Å². The largest absolute Gasteiger partial charge is 0.480 e. The molecule has 0 aliphatic carbocycles. The summed E-state index contributed by atoms with van der Waals surface area (Å²) < 4.78 is 0. The third-order valence-electron chi connectivity index (χ3n) is 2.09. The maximum atomic E-state index is 11.5. The molecule has 82 valence electrons. The zero-order valence-corrected chi connectivity index (χ0v) is 9.15. The van der Waals surface area contributed by atoms with Crippen molar-refractivity contribution in [1.82, 2.24) is 9.80 Å². The first-order valence-electron chi connectivity index (χ1n) is 4.57. The van der Waals surface area contributed by atoms with Crippen LogP contribution in [0.1, 0.15) is 13.8 Å². The Morgan fingerprint density at radius 3 is 2.14 bits per heavy atom. The number of amides is 1. The topological polar surface area (TPSA) is 60.9 Å². The number of hydrogen-bond donors (Lipinski definition) is 1. The van der Waals surface area contributed by atoms with E-state index in [9.17, 15) is 9.59 Å². The predicted molar refractivity (Wildman–Crippen MR) is 53.0 cm³/mol. The molecular formula is C9H18N2O3. The van der Waals surface area contributed by atoms with E-state index in [4.69, 9.17) is 5.11 Å². The van der Waals surface area contributed by atoms with Crippen LogP contribution in [-0.4, -0.2) is 60.0 Å². The van der Waals surface area contributed by atoms with Crippen LogP contribution in [0.5, 0.6) is 0 Å². The number of carbonyl (C=O) groups is 2. The standard InChI is InChI=1S/C9H18N2O3/c1-5-11(6-8(12)13)7(2)9(14)10(3)4/h7H,5-6H2,1-4H3,(H,12,13). The van der Waals surface area contributed by atoms with Crippen molar-refractivity contribution in [3.05, 3.63) is 0 Å². The van der Waals surface area contributed by atoms with Gasteiger partial charge in [0.05, 0.1) is 12.6 Å². The molecule has 5 nitrogen and oxygen atoms in total. The lowest BCUT2D eigenvalue weighted by atomic mass is 10.2. The average molecular weight is 202 g/mol. The van der Waals surface area contributed by atoms with E-state index in [1.54, 1.807) is 25.9 Å². The Balaban J connectivity index is 4.37. The second kappa shape index (κ2) is 5.59. The summed E-state index contributed by atoms with van der Waals surface area (Å²) in [6.45, 7) is 4.00. The fourth-order valence-corrected chi connectivity index (χ4v) is 1.23. The third kappa shape index (κ3) is 3.74. The van der Waals surface area contributed by atoms with Crippen molar-refractivity contribution in [3.63, 3.8) is 0 Å². The molecule has 0 aromatic heterocycles. The molecule has 0 fully saturated rings. The van der Waals surface area contributed by atoms with Crippen LogP contribution in [0.2, 0.25) is 0 Å². The van der Waals surface area contributed by atoms with E-state index in [1.165, 1.54) is 4.90 Å². The first-order valence-corrected chi connectivity index (χ1v) is 4.57. The van der Waals surface area contributed by atoms with Crippen molar-refractivity contribution in [2.24, 2.45) is 0 Å². The number of carboxylic acid groups (broad SMARTS) is 1. The van der Waals surface area contributed by atoms with Gasteiger partial charge in [0.1, 0.15) is 0 Å². The summed E-state index contributed by atoms with van der Waals surface area (Å²) in [5.74, 6) is -0.988. The van der Waals surface area contributed by atoms with Gasteiger partial charge in [-0.15, -0.1) is 0 Å². The quantitative estimate of drug-likeness (QED) is 0.674. The van der Waals surface area contributed by atoms with E-state index in [2.05, 4.69) is 0 Å². The number of aliphatic carboxylic acids is 1. The van der Waals surface area contributed by atoms with Crippen molar-refractivity contribution in [2.75, 3.05) is 27.2 Å². The van der Waals surface area contributed by atoms with Gasteiger partial charge in [0.2, 0.25) is 5.91 Å². The summed E-state index contributed by atoms with van der Waals surface area (Å²) in [6, 6.07) is -0.383. The molecule has 1 atom stereocenters. The molecule has 0 heterocycles. The lowest BCUT2D eigenvalue weighted by molar-refractivity contribution is -0.141. The van der Waals surface area contributed by atoms with Gasteiger partial charge in [-0.2, -0.15) is 0 Å². The normalized spacial score (nSPS) is 12.6. The second-order valence-electron chi connectivity index (χ2n) is 3.37. The van der Waals surface area contributed by atoms with Crippen molar-refractivity contribution in [2.45, 2.75) is 19.9 Å². The Labute approximate surface area is 84.3 Å². The lowest BCUT2D eigenvalue weighted by Gasteiger charge is -2.27. The summed E-state index contributed by atoms with van der Waals surface area (Å²) >= 11 is 0. The number of carboxylic acids is 1. The summed E-state index contributed by atoms with van der Waals surface area (Å²) in [7, 11) is 3.32. The molecule has 1 unspecified atom stereocenters. The first-order chi connectivity index (χ1) is 6.40. The molecule has 0 aliphatic rings. The number of hydrogen-bond acceptors (Lipinski definition) is 3. The van der Waals surface area contributed by atoms with E-state index >= 15 is 0 Å². The molecule has 1 N–H and O–H groups in total. The van der Waals surface area contributed by atoms with Gasteiger partial charge in [-0.05, 0) is 13.5 Å². The molecule has 0 spiro atoms. The second-order valence-corrected chi connectivity index (χ2v) is 3.37. The minimum absolute atomic E-state index is 0.0758. The highest BCUT2D eigenvalue weighted by molar-refractivity contribution is 5.81. The van der Waals surface area contributed by atoms with Crippen LogP contribution in [0.25, 0.3) is 0 Å². The van der Waals surface area contributed by atoms with Gasteiger partial charge in [-0.1, -0.05) is 6.92 Å². The third-order valence-corrected chi connectivity index (χ3v) is 2.09. The number of rotatable bonds is 5. The van der Waals surface area contributed by atoms with Gasteiger partial charge in [-0.3, -0.25) is 14.5 Å². The van der Waals surface area contributed by atoms with Gasteiger partial charge in [0, 0.05) is 14.1 Å². The maximum Gasteiger partial charge on any atom is 0.317 e. The lowest BCUT2D eigenvalue weighted by Crippen LogP contribution is -2.46. The summed E-state index contributed by atoms with van der Waals surface area (Å²) in [5.41, 5.74) is 0. The fraction of sp³-hybridized carbons (Fsp3) is 0.778. The van der Waals surface area contributed by atoms with Crippen LogP contribution in [0, 0.1) is 0 Å². The van der Waals surface area contributed by atoms with Crippen molar-refractivity contribution < 1.29 is 14.7 Å². The molecule has 0 saturated heterocycles. The van der Waals surface area contributed by atoms with Crippen LogP contribution in [0.3, 0.4) is 0 Å². The van der Waals surface area contributed by atoms with Crippen LogP contribution in [0.15, 0.2) is 0 Å². The van der Waals surface area contributed by atoms with Gasteiger partial charge in [-0.25, -0.2) is 0 Å². The van der Waals surface area contributed by atoms with E-state index in [1.807, 2.05) is 6.92 Å². The van der Waals surface area contributed by atoms with E-state index in [0.29, 0.717) is 6.54 Å². The highest BCUT2D eigenvalue weighted by Gasteiger charge is 2.22. The molecule has 0 bridgehead atoms. The van der Waals surface area contributed by atoms with Crippen LogP contribution in [0.4, 0.5) is 0 Å². The fourth-order valence-electron chi connectivity index (χ4n) is 1.23. The average Bonchev–Trinajstić information content (AvgIpc) is 2.11. The minimum Gasteiger partial charge on any atom is -0.480 e. The van der Waals surface area contributed by atoms with Gasteiger partial charge < -0.3 is 10.0 Å². The van der Waals surface area contributed by atoms with Gasteiger partial charge in [0.15, 0.2) is 0 Å². The maximum absolute atomic E-state index is 11.5. The molecule has 0 saturated carbocycles. The monoisotopic (exact) mass is 202 g/mol. The Bertz CT molecular complexity index is 216. The summed E-state index contributed by atoms with van der Waals surface area (Å²) in [6.07, 6.45) is 0. The highest BCUT2D eigenvalue weighted by Crippen LogP contribution is 2.01. The first kappa shape index (κ1) is 12.9. The molecular weight excluding hydrogens is 184 g/mol. The zero-order chi connectivity index (χ0) is 11.3. The van der Waals surface area contributed by atoms with Crippen LogP contribution < -0.4 is 0 Å². The van der Waals surface area contributed by atoms with E-state index < -0.39 is 5.97 Å². The molecule has 0 aromatic carbocycles. The minimum atomic E-state index is -0.912. The van der Waals surface area contributed by atoms with Gasteiger partial charge >= 0.3 is 5.97 Å². The number of carbonyl (C=O) groups excluding carboxylic acids is 1. The van der Waals surface area contributed by atoms with Crippen LogP contribution >= 0.6 is 0 Å². The molecule has 14 heavy (non-hydrogen) atoms. The summed E-state index contributed by atoms with van der Waals surface area (Å²) in [5, 5.41) is 8.62. The zero-order valence-electron chi connectivity index (χ0n) is 9.15. The Kier molecular flexibility index (Phi) is 5.15. The van der Waals surface area contributed by atoms with E-state index in [0.717, 1.165) is 0 Å². The molecule has 0 rings (SSSR count). The summed E-state index contributed by atoms with van der Waals surface area (Å²) in [4.78, 5) is 25.1. The molecule has 0 aromatic rings. The molecule has 0 aliphatic heterocycles. The smallest absolute Gasteiger partial charge is 0.317 e. The van der Waals surface area contributed by atoms with Crippen molar-refractivity contribution >= 4 is 11.9 Å². The number of nitrogens with zero attached hydrogens (tertiary/aromatic N) is 2. The number of likely N-dealkylation sites (N-methyl/N-ethyl adjacent to an activating group) is 2. The van der Waals surface area contributed by atoms with Crippen LogP contribution in [-0.2, 0) is 9.59 Å². The Morgan fingerprint density at radius 1 is 1.36 bits per heavy atom. The molecule has 0 radical (unpaired) electrons. The van der Waals surface area contributed by atoms with E-state index in [-0.39, 0.29) is 18.5 Å². The van der Waals surface area contributed by atoms with Gasteiger partial charge in [0.25, 0.3) is 0 Å². The predicted octanol–water partition coefficient (Wildman–Crippen LogP) is -0.130. The van der Waals surface area contributed by atoms with Crippen molar-refractivity contribution in [3.8, 4) is 0 Å². The molecule has 5 heteroatoms. The highest BCUT2D eigenvalue weighted by atomic mass is 16.4. The Hall–Kier alpha value is -1.10. The Morgan fingerprint density at radius 2 is 1.86 bits per heavy atom.